The van der Waals surface area contributed by atoms with E-state index in [0.29, 0.717) is 16.7 Å². The van der Waals surface area contributed by atoms with Crippen LogP contribution in [0.15, 0.2) is 54.6 Å². The highest BCUT2D eigenvalue weighted by atomic mass is 16.6. The van der Waals surface area contributed by atoms with Crippen LogP contribution < -0.4 is 14.8 Å². The molecule has 0 aliphatic heterocycles. The van der Waals surface area contributed by atoms with E-state index in [4.69, 9.17) is 9.47 Å². The number of hydrogen-bond acceptors (Lipinski definition) is 6. The number of Topliss-reactive ketones (excluding diaryl/α,β-unsaturated/α-hetero) is 1. The zero-order valence-electron chi connectivity index (χ0n) is 21.9. The lowest BCUT2D eigenvalue weighted by molar-refractivity contribution is 0.0682. The van der Waals surface area contributed by atoms with Crippen LogP contribution >= 0.6 is 0 Å². The average molecular weight is 488 g/mol. The van der Waals surface area contributed by atoms with E-state index < -0.39 is 11.9 Å². The third kappa shape index (κ3) is 7.36. The summed E-state index contributed by atoms with van der Waals surface area (Å²) in [6, 6.07) is 15.3. The largest absolute Gasteiger partial charge is 0.419 e. The first kappa shape index (κ1) is 26.8. The fourth-order valence-corrected chi connectivity index (χ4v) is 3.80. The van der Waals surface area contributed by atoms with Crippen molar-refractivity contribution in [2.45, 2.75) is 54.0 Å². The van der Waals surface area contributed by atoms with Gasteiger partial charge in [-0.1, -0.05) is 34.4 Å². The van der Waals surface area contributed by atoms with E-state index in [1.807, 2.05) is 60.6 Å². The number of carbonyl (C=O) groups is 3. The van der Waals surface area contributed by atoms with E-state index >= 15 is 0 Å². The third-order valence-electron chi connectivity index (χ3n) is 5.37. The van der Waals surface area contributed by atoms with Gasteiger partial charge in [-0.3, -0.25) is 4.79 Å². The molecular weight excluding hydrogens is 454 g/mol. The smallest absolute Gasteiger partial charge is 0.343 e. The summed E-state index contributed by atoms with van der Waals surface area (Å²) in [5, 5.41) is 3.15. The highest BCUT2D eigenvalue weighted by molar-refractivity contribution is 5.99. The molecule has 6 nitrogen and oxygen atoms in total. The molecule has 0 aliphatic carbocycles. The quantitative estimate of drug-likeness (QED) is 0.253. The minimum atomic E-state index is -0.608. The molecule has 0 fully saturated rings. The Morgan fingerprint density at radius 1 is 0.639 bits per heavy atom. The number of aryl methyl sites for hydroxylation is 4. The average Bonchev–Trinajstić information content (AvgIpc) is 2.76. The molecule has 0 aromatic heterocycles. The third-order valence-corrected chi connectivity index (χ3v) is 5.37. The number of ketones is 1. The lowest BCUT2D eigenvalue weighted by Crippen LogP contribution is -2.39. The van der Waals surface area contributed by atoms with E-state index in [0.717, 1.165) is 22.3 Å². The number of carbonyl (C=O) groups excluding carboxylic acids is 3. The van der Waals surface area contributed by atoms with Gasteiger partial charge in [0.1, 0.15) is 0 Å². The molecule has 188 valence electrons. The Kier molecular flexibility index (Phi) is 8.10. The van der Waals surface area contributed by atoms with Crippen LogP contribution in [0.2, 0.25) is 0 Å². The maximum Gasteiger partial charge on any atom is 0.343 e. The van der Waals surface area contributed by atoms with Crippen molar-refractivity contribution in [1.82, 2.24) is 5.32 Å². The molecule has 0 bridgehead atoms. The zero-order chi connectivity index (χ0) is 26.6. The molecule has 0 spiro atoms. The lowest BCUT2D eigenvalue weighted by atomic mass is 10.1. The summed E-state index contributed by atoms with van der Waals surface area (Å²) in [5.41, 5.74) is 4.53. The molecule has 6 heteroatoms. The van der Waals surface area contributed by atoms with Crippen LogP contribution in [0, 0.1) is 27.7 Å². The molecule has 3 rings (SSSR count). The van der Waals surface area contributed by atoms with E-state index in [9.17, 15) is 14.4 Å². The Bertz CT molecular complexity index is 1280. The summed E-state index contributed by atoms with van der Waals surface area (Å²) >= 11 is 0. The van der Waals surface area contributed by atoms with Crippen molar-refractivity contribution >= 4 is 17.7 Å². The predicted octanol–water partition coefficient (Wildman–Crippen LogP) is 5.93. The normalized spacial score (nSPS) is 11.2. The first-order chi connectivity index (χ1) is 16.8. The van der Waals surface area contributed by atoms with Gasteiger partial charge in [0.25, 0.3) is 0 Å². The first-order valence-corrected chi connectivity index (χ1v) is 11.8. The topological polar surface area (TPSA) is 81.7 Å². The van der Waals surface area contributed by atoms with Crippen LogP contribution in [0.3, 0.4) is 0 Å². The minimum absolute atomic E-state index is 0.00140. The molecule has 0 unspecified atom stereocenters. The Morgan fingerprint density at radius 2 is 1.08 bits per heavy atom. The van der Waals surface area contributed by atoms with Crippen molar-refractivity contribution in [1.29, 1.82) is 0 Å². The molecule has 0 heterocycles. The van der Waals surface area contributed by atoms with Crippen LogP contribution in [0.4, 0.5) is 0 Å². The van der Waals surface area contributed by atoms with Gasteiger partial charge in [-0.15, -0.1) is 0 Å². The van der Waals surface area contributed by atoms with Crippen molar-refractivity contribution in [2.24, 2.45) is 0 Å². The van der Waals surface area contributed by atoms with Gasteiger partial charge in [0.05, 0.1) is 17.7 Å². The van der Waals surface area contributed by atoms with Gasteiger partial charge in [0, 0.05) is 11.1 Å². The van der Waals surface area contributed by atoms with Crippen molar-refractivity contribution in [3.63, 3.8) is 0 Å². The monoisotopic (exact) mass is 487 g/mol. The van der Waals surface area contributed by atoms with E-state index in [1.54, 1.807) is 30.3 Å². The summed E-state index contributed by atoms with van der Waals surface area (Å²) in [7, 11) is 0. The van der Waals surface area contributed by atoms with E-state index in [1.165, 1.54) is 12.1 Å². The highest BCUT2D eigenvalue weighted by Crippen LogP contribution is 2.31. The molecule has 3 aromatic rings. The highest BCUT2D eigenvalue weighted by Gasteiger charge is 2.20. The Morgan fingerprint density at radius 3 is 1.53 bits per heavy atom. The number of nitrogens with one attached hydrogen (secondary N) is 1. The van der Waals surface area contributed by atoms with Crippen LogP contribution in [0.25, 0.3) is 0 Å². The molecule has 0 saturated heterocycles. The molecule has 0 atom stereocenters. The number of rotatable bonds is 7. The van der Waals surface area contributed by atoms with Gasteiger partial charge in [0.2, 0.25) is 0 Å². The summed E-state index contributed by atoms with van der Waals surface area (Å²) < 4.78 is 11.3. The van der Waals surface area contributed by atoms with Crippen molar-refractivity contribution < 1.29 is 23.9 Å². The van der Waals surface area contributed by atoms with Gasteiger partial charge in [-0.2, -0.15) is 0 Å². The molecule has 36 heavy (non-hydrogen) atoms. The maximum atomic E-state index is 13.0. The molecule has 1 N–H and O–H groups in total. The number of ether oxygens (including phenoxy) is 2. The van der Waals surface area contributed by atoms with Gasteiger partial charge >= 0.3 is 11.9 Å². The Labute approximate surface area is 212 Å². The van der Waals surface area contributed by atoms with Gasteiger partial charge < -0.3 is 14.8 Å². The fraction of sp³-hybridized carbons (Fsp3) is 0.300. The fourth-order valence-electron chi connectivity index (χ4n) is 3.80. The van der Waals surface area contributed by atoms with Crippen LogP contribution in [-0.4, -0.2) is 29.8 Å². The second-order valence-corrected chi connectivity index (χ2v) is 10.2. The van der Waals surface area contributed by atoms with Crippen LogP contribution in [-0.2, 0) is 0 Å². The molecule has 0 aliphatic rings. The van der Waals surface area contributed by atoms with E-state index in [2.05, 4.69) is 5.32 Å². The Balaban J connectivity index is 1.94. The van der Waals surface area contributed by atoms with Crippen molar-refractivity contribution in [2.75, 3.05) is 6.54 Å². The standard InChI is InChI=1S/C30H33NO5/c1-18-10-19(2)13-23(12-18)28(33)35-26-9-8-22(25(32)17-31-30(5,6)7)16-27(26)36-29(34)24-14-20(3)11-21(4)15-24/h8-16,31H,17H2,1-7H3. The first-order valence-electron chi connectivity index (χ1n) is 11.8. The van der Waals surface area contributed by atoms with Crippen molar-refractivity contribution in [3.05, 3.63) is 93.5 Å². The molecule has 0 radical (unpaired) electrons. The lowest BCUT2D eigenvalue weighted by Gasteiger charge is -2.20. The minimum Gasteiger partial charge on any atom is -0.419 e. The maximum absolute atomic E-state index is 13.0. The van der Waals surface area contributed by atoms with Gasteiger partial charge in [-0.25, -0.2) is 9.59 Å². The second-order valence-electron chi connectivity index (χ2n) is 10.2. The zero-order valence-corrected chi connectivity index (χ0v) is 21.9. The second kappa shape index (κ2) is 10.9. The summed E-state index contributed by atoms with van der Waals surface area (Å²) in [6.07, 6.45) is 0. The SMILES string of the molecule is Cc1cc(C)cc(C(=O)Oc2ccc(C(=O)CNC(C)(C)C)cc2OC(=O)c2cc(C)cc(C)c2)c1. The van der Waals surface area contributed by atoms with Gasteiger partial charge in [-0.05, 0) is 90.9 Å². The predicted molar refractivity (Wildman–Crippen MR) is 140 cm³/mol. The van der Waals surface area contributed by atoms with Gasteiger partial charge in [0.15, 0.2) is 17.3 Å². The molecule has 3 aromatic carbocycles. The summed E-state index contributed by atoms with van der Waals surface area (Å²) in [5.74, 6) is -1.32. The van der Waals surface area contributed by atoms with Crippen LogP contribution in [0.1, 0.15) is 74.1 Å². The number of hydrogen-bond donors (Lipinski definition) is 1. The summed E-state index contributed by atoms with van der Waals surface area (Å²) in [6.45, 7) is 13.6. The molecule has 0 saturated carbocycles. The molecular formula is C30H33NO5. The van der Waals surface area contributed by atoms with Crippen LogP contribution in [0.5, 0.6) is 11.5 Å². The summed E-state index contributed by atoms with van der Waals surface area (Å²) in [4.78, 5) is 38.7. The van der Waals surface area contributed by atoms with E-state index in [-0.39, 0.29) is 29.4 Å². The number of esters is 2. The number of benzene rings is 3. The molecule has 0 amide bonds. The van der Waals surface area contributed by atoms with Crippen molar-refractivity contribution in [3.8, 4) is 11.5 Å². The Hall–Kier alpha value is -3.77.